The number of piperazine rings is 1. The van der Waals surface area contributed by atoms with Crippen LogP contribution in [0.3, 0.4) is 0 Å². The first-order valence-corrected chi connectivity index (χ1v) is 8.64. The molecule has 1 fully saturated rings. The second kappa shape index (κ2) is 7.86. The Hall–Kier alpha value is -0.780. The van der Waals surface area contributed by atoms with E-state index in [4.69, 9.17) is 0 Å². The lowest BCUT2D eigenvalue weighted by atomic mass is 10.2. The first-order chi connectivity index (χ1) is 9.69. The zero-order valence-corrected chi connectivity index (χ0v) is 13.7. The largest absolute Gasteiger partial charge is 0.363 e. The predicted octanol–water partition coefficient (Wildman–Crippen LogP) is 1.63. The van der Waals surface area contributed by atoms with E-state index in [0.717, 1.165) is 12.4 Å². The molecule has 2 heterocycles. The van der Waals surface area contributed by atoms with Gasteiger partial charge in [-0.1, -0.05) is 6.07 Å². The smallest absolute Gasteiger partial charge is 0.127 e. The lowest BCUT2D eigenvalue weighted by Gasteiger charge is -2.34. The van der Waals surface area contributed by atoms with Crippen molar-refractivity contribution in [3.63, 3.8) is 0 Å². The van der Waals surface area contributed by atoms with Gasteiger partial charge in [0.2, 0.25) is 0 Å². The third-order valence-electron chi connectivity index (χ3n) is 3.75. The molecule has 1 saturated heterocycles. The van der Waals surface area contributed by atoms with Gasteiger partial charge in [-0.15, -0.1) is 0 Å². The summed E-state index contributed by atoms with van der Waals surface area (Å²) in [5.41, 5.74) is 1.31. The third-order valence-corrected chi connectivity index (χ3v) is 4.34. The Balaban J connectivity index is 1.77. The molecule has 0 amide bonds. The minimum absolute atomic E-state index is 1.02. The quantitative estimate of drug-likeness (QED) is 0.793. The van der Waals surface area contributed by atoms with Crippen LogP contribution in [-0.2, 0) is 6.54 Å². The molecule has 0 unspecified atom stereocenters. The van der Waals surface area contributed by atoms with E-state index in [2.05, 4.69) is 33.2 Å². The highest BCUT2D eigenvalue weighted by Crippen LogP contribution is 2.11. The Labute approximate surface area is 127 Å². The molecule has 0 aliphatic carbocycles. The van der Waals surface area contributed by atoms with Crippen molar-refractivity contribution in [2.24, 2.45) is 0 Å². The molecule has 4 nitrogen and oxygen atoms in total. The van der Waals surface area contributed by atoms with Gasteiger partial charge in [0.05, 0.1) is 0 Å². The standard InChI is InChI=1S/C15H26N4S/c1-17(2)15-5-4-14(12-16-15)13-19-8-6-18(7-9-19)10-11-20-3/h4-5,12H,6-11,13H2,1-3H3. The number of rotatable bonds is 6. The van der Waals surface area contributed by atoms with Crippen LogP contribution in [0, 0.1) is 0 Å². The predicted molar refractivity (Wildman–Crippen MR) is 88.7 cm³/mol. The van der Waals surface area contributed by atoms with Crippen LogP contribution in [-0.4, -0.2) is 73.6 Å². The summed E-state index contributed by atoms with van der Waals surface area (Å²) in [5.74, 6) is 2.27. The zero-order chi connectivity index (χ0) is 14.4. The number of nitrogens with zero attached hydrogens (tertiary/aromatic N) is 4. The van der Waals surface area contributed by atoms with Crippen LogP contribution < -0.4 is 4.90 Å². The topological polar surface area (TPSA) is 22.6 Å². The van der Waals surface area contributed by atoms with Crippen LogP contribution in [0.4, 0.5) is 5.82 Å². The summed E-state index contributed by atoms with van der Waals surface area (Å²) >= 11 is 1.93. The molecule has 0 atom stereocenters. The Morgan fingerprint density at radius 1 is 1.15 bits per heavy atom. The van der Waals surface area contributed by atoms with Crippen molar-refractivity contribution in [3.8, 4) is 0 Å². The fraction of sp³-hybridized carbons (Fsp3) is 0.667. The van der Waals surface area contributed by atoms with Gasteiger partial charge in [0.25, 0.3) is 0 Å². The maximum absolute atomic E-state index is 4.49. The van der Waals surface area contributed by atoms with Crippen molar-refractivity contribution < 1.29 is 0 Å². The first-order valence-electron chi connectivity index (χ1n) is 7.25. The van der Waals surface area contributed by atoms with Crippen molar-refractivity contribution in [1.82, 2.24) is 14.8 Å². The fourth-order valence-electron chi connectivity index (χ4n) is 2.42. The van der Waals surface area contributed by atoms with Gasteiger partial charge in [-0.3, -0.25) is 9.80 Å². The minimum atomic E-state index is 1.02. The van der Waals surface area contributed by atoms with Crippen LogP contribution in [0.2, 0.25) is 0 Å². The van der Waals surface area contributed by atoms with E-state index in [0.29, 0.717) is 0 Å². The van der Waals surface area contributed by atoms with Gasteiger partial charge in [0.1, 0.15) is 5.82 Å². The average Bonchev–Trinajstić information content (AvgIpc) is 2.47. The summed E-state index contributed by atoms with van der Waals surface area (Å²) in [6.45, 7) is 6.99. The molecule has 0 spiro atoms. The highest BCUT2D eigenvalue weighted by atomic mass is 32.2. The average molecular weight is 294 g/mol. The monoisotopic (exact) mass is 294 g/mol. The molecule has 20 heavy (non-hydrogen) atoms. The molecule has 0 N–H and O–H groups in total. The van der Waals surface area contributed by atoms with Crippen molar-refractivity contribution in [2.45, 2.75) is 6.54 Å². The van der Waals surface area contributed by atoms with Crippen LogP contribution in [0.5, 0.6) is 0 Å². The van der Waals surface area contributed by atoms with Gasteiger partial charge in [-0.05, 0) is 17.9 Å². The van der Waals surface area contributed by atoms with Crippen molar-refractivity contribution in [3.05, 3.63) is 23.9 Å². The van der Waals surface area contributed by atoms with Crippen molar-refractivity contribution in [2.75, 3.05) is 63.7 Å². The van der Waals surface area contributed by atoms with Gasteiger partial charge in [-0.25, -0.2) is 4.98 Å². The highest BCUT2D eigenvalue weighted by molar-refractivity contribution is 7.98. The third kappa shape index (κ3) is 4.65. The van der Waals surface area contributed by atoms with E-state index in [9.17, 15) is 0 Å². The molecular weight excluding hydrogens is 268 g/mol. The molecular formula is C15H26N4S. The summed E-state index contributed by atoms with van der Waals surface area (Å²) in [6, 6.07) is 4.30. The van der Waals surface area contributed by atoms with E-state index in [-0.39, 0.29) is 0 Å². The Bertz CT molecular complexity index is 385. The second-order valence-electron chi connectivity index (χ2n) is 5.53. The lowest BCUT2D eigenvalue weighted by Crippen LogP contribution is -2.46. The van der Waals surface area contributed by atoms with Crippen molar-refractivity contribution in [1.29, 1.82) is 0 Å². The van der Waals surface area contributed by atoms with Gasteiger partial charge in [0, 0.05) is 65.3 Å². The SMILES string of the molecule is CSCCN1CCN(Cc2ccc(N(C)C)nc2)CC1. The Morgan fingerprint density at radius 3 is 2.40 bits per heavy atom. The number of hydrogen-bond donors (Lipinski definition) is 0. The lowest BCUT2D eigenvalue weighted by molar-refractivity contribution is 0.132. The maximum Gasteiger partial charge on any atom is 0.127 e. The van der Waals surface area contributed by atoms with E-state index < -0.39 is 0 Å². The molecule has 0 saturated carbocycles. The Kier molecular flexibility index (Phi) is 6.13. The number of pyridine rings is 1. The van der Waals surface area contributed by atoms with Crippen LogP contribution in [0.25, 0.3) is 0 Å². The molecule has 1 aliphatic rings. The molecule has 1 aromatic heterocycles. The van der Waals surface area contributed by atoms with Gasteiger partial charge in [-0.2, -0.15) is 11.8 Å². The van der Waals surface area contributed by atoms with Gasteiger partial charge >= 0.3 is 0 Å². The summed E-state index contributed by atoms with van der Waals surface area (Å²) < 4.78 is 0. The molecule has 0 aromatic carbocycles. The van der Waals surface area contributed by atoms with Crippen LogP contribution >= 0.6 is 11.8 Å². The first kappa shape index (κ1) is 15.6. The van der Waals surface area contributed by atoms with Gasteiger partial charge in [0.15, 0.2) is 0 Å². The van der Waals surface area contributed by atoms with Crippen LogP contribution in [0.15, 0.2) is 18.3 Å². The maximum atomic E-state index is 4.49. The number of aromatic nitrogens is 1. The van der Waals surface area contributed by atoms with E-state index >= 15 is 0 Å². The van der Waals surface area contributed by atoms with E-state index in [1.54, 1.807) is 0 Å². The molecule has 1 aliphatic heterocycles. The summed E-state index contributed by atoms with van der Waals surface area (Å²) in [7, 11) is 4.05. The van der Waals surface area contributed by atoms with E-state index in [1.165, 1.54) is 44.0 Å². The zero-order valence-electron chi connectivity index (χ0n) is 12.9. The molecule has 0 radical (unpaired) electrons. The normalized spacial score (nSPS) is 17.4. The number of thioether (sulfide) groups is 1. The molecule has 5 heteroatoms. The number of hydrogen-bond acceptors (Lipinski definition) is 5. The number of anilines is 1. The molecule has 2 rings (SSSR count). The summed E-state index contributed by atoms with van der Waals surface area (Å²) in [5, 5.41) is 0. The second-order valence-corrected chi connectivity index (χ2v) is 6.52. The minimum Gasteiger partial charge on any atom is -0.363 e. The molecule has 1 aromatic rings. The fourth-order valence-corrected chi connectivity index (χ4v) is 2.87. The Morgan fingerprint density at radius 2 is 1.85 bits per heavy atom. The van der Waals surface area contributed by atoms with Crippen LogP contribution in [0.1, 0.15) is 5.56 Å². The molecule has 0 bridgehead atoms. The summed E-state index contributed by atoms with van der Waals surface area (Å²) in [6.07, 6.45) is 4.19. The summed E-state index contributed by atoms with van der Waals surface area (Å²) in [4.78, 5) is 11.6. The van der Waals surface area contributed by atoms with Crippen molar-refractivity contribution >= 4 is 17.6 Å². The molecule has 112 valence electrons. The van der Waals surface area contributed by atoms with Gasteiger partial charge < -0.3 is 4.90 Å². The van der Waals surface area contributed by atoms with E-state index in [1.807, 2.05) is 37.0 Å². The highest BCUT2D eigenvalue weighted by Gasteiger charge is 2.16.